The minimum Gasteiger partial charge on any atom is -0.462 e. The average Bonchev–Trinajstić information content (AvgIpc) is 3.12. The maximum Gasteiger partial charge on any atom is 0.339 e. The second kappa shape index (κ2) is 9.00. The highest BCUT2D eigenvalue weighted by molar-refractivity contribution is 7.17. The number of aromatic nitrogens is 2. The number of anilines is 1. The van der Waals surface area contributed by atoms with Crippen molar-refractivity contribution in [3.8, 4) is 0 Å². The molecule has 0 radical (unpaired) electrons. The number of aryl methyl sites for hydroxylation is 2. The van der Waals surface area contributed by atoms with Crippen LogP contribution in [0.15, 0.2) is 34.7 Å². The third-order valence-electron chi connectivity index (χ3n) is 4.49. The van der Waals surface area contributed by atoms with Gasteiger partial charge in [0, 0.05) is 11.1 Å². The number of esters is 1. The quantitative estimate of drug-likeness (QED) is 0.471. The van der Waals surface area contributed by atoms with Gasteiger partial charge in [0.25, 0.3) is 5.56 Å². The van der Waals surface area contributed by atoms with E-state index in [1.54, 1.807) is 5.38 Å². The summed E-state index contributed by atoms with van der Waals surface area (Å²) < 4.78 is 6.43. The van der Waals surface area contributed by atoms with Gasteiger partial charge in [0.05, 0.1) is 23.9 Å². The van der Waals surface area contributed by atoms with Crippen molar-refractivity contribution in [2.45, 2.75) is 40.2 Å². The molecular weight excluding hydrogens is 390 g/mol. The van der Waals surface area contributed by atoms with E-state index >= 15 is 0 Å². The van der Waals surface area contributed by atoms with E-state index in [0.29, 0.717) is 17.1 Å². The van der Waals surface area contributed by atoms with Crippen LogP contribution in [-0.4, -0.2) is 28.0 Å². The van der Waals surface area contributed by atoms with Crippen LogP contribution in [0.3, 0.4) is 0 Å². The standard InChI is InChI=1S/C21H23N3O4S/c1-4-5-8-28-21(27)15-11-29-19-18(15)20(26)24(12-22-19)10-17(25)23-16-9-13(2)6-7-14(16)3/h6-7,9,11-12H,4-5,8,10H2,1-3H3,(H,23,25). The zero-order valence-electron chi connectivity index (χ0n) is 16.7. The first-order valence-corrected chi connectivity index (χ1v) is 10.3. The molecule has 152 valence electrons. The summed E-state index contributed by atoms with van der Waals surface area (Å²) in [7, 11) is 0. The number of hydrogen-bond donors (Lipinski definition) is 1. The van der Waals surface area contributed by atoms with Crippen LogP contribution in [-0.2, 0) is 16.1 Å². The molecule has 0 saturated heterocycles. The van der Waals surface area contributed by atoms with Crippen molar-refractivity contribution in [1.82, 2.24) is 9.55 Å². The molecule has 0 spiro atoms. The van der Waals surface area contributed by atoms with E-state index < -0.39 is 11.5 Å². The van der Waals surface area contributed by atoms with Gasteiger partial charge in [0.15, 0.2) is 0 Å². The van der Waals surface area contributed by atoms with E-state index in [1.165, 1.54) is 22.2 Å². The van der Waals surface area contributed by atoms with E-state index in [9.17, 15) is 14.4 Å². The van der Waals surface area contributed by atoms with Gasteiger partial charge in [-0.2, -0.15) is 0 Å². The van der Waals surface area contributed by atoms with Crippen LogP contribution >= 0.6 is 11.3 Å². The zero-order chi connectivity index (χ0) is 21.0. The maximum atomic E-state index is 12.9. The normalized spacial score (nSPS) is 10.9. The van der Waals surface area contributed by atoms with Crippen LogP contribution in [0.5, 0.6) is 0 Å². The second-order valence-electron chi connectivity index (χ2n) is 6.86. The summed E-state index contributed by atoms with van der Waals surface area (Å²) in [4.78, 5) is 42.4. The number of nitrogens with one attached hydrogen (secondary N) is 1. The van der Waals surface area contributed by atoms with Crippen LogP contribution < -0.4 is 10.9 Å². The van der Waals surface area contributed by atoms with Crippen LogP contribution in [0.4, 0.5) is 5.69 Å². The average molecular weight is 413 g/mol. The Morgan fingerprint density at radius 2 is 2.07 bits per heavy atom. The highest BCUT2D eigenvalue weighted by Gasteiger charge is 2.19. The van der Waals surface area contributed by atoms with E-state index in [0.717, 1.165) is 24.0 Å². The van der Waals surface area contributed by atoms with E-state index in [1.807, 2.05) is 39.0 Å². The Bertz CT molecular complexity index is 1120. The molecule has 0 aliphatic carbocycles. The van der Waals surface area contributed by atoms with Crippen molar-refractivity contribution >= 4 is 39.1 Å². The van der Waals surface area contributed by atoms with Crippen LogP contribution in [0.2, 0.25) is 0 Å². The van der Waals surface area contributed by atoms with Gasteiger partial charge in [-0.25, -0.2) is 9.78 Å². The van der Waals surface area contributed by atoms with Gasteiger partial charge in [-0.15, -0.1) is 11.3 Å². The molecule has 0 bridgehead atoms. The molecule has 1 amide bonds. The summed E-state index contributed by atoms with van der Waals surface area (Å²) in [5.74, 6) is -0.884. The number of unbranched alkanes of at least 4 members (excludes halogenated alkanes) is 1. The molecule has 0 atom stereocenters. The number of ether oxygens (including phenoxy) is 1. The fraction of sp³-hybridized carbons (Fsp3) is 0.333. The maximum absolute atomic E-state index is 12.9. The summed E-state index contributed by atoms with van der Waals surface area (Å²) in [6, 6.07) is 5.76. The largest absolute Gasteiger partial charge is 0.462 e. The predicted octanol–water partition coefficient (Wildman–Crippen LogP) is 3.67. The first-order valence-electron chi connectivity index (χ1n) is 9.41. The number of nitrogens with zero attached hydrogens (tertiary/aromatic N) is 2. The van der Waals surface area contributed by atoms with Gasteiger partial charge in [-0.3, -0.25) is 14.2 Å². The lowest BCUT2D eigenvalue weighted by Crippen LogP contribution is -2.28. The Hall–Kier alpha value is -3.00. The lowest BCUT2D eigenvalue weighted by molar-refractivity contribution is -0.116. The van der Waals surface area contributed by atoms with Crippen LogP contribution in [0.1, 0.15) is 41.3 Å². The molecule has 3 aromatic rings. The monoisotopic (exact) mass is 413 g/mol. The number of fused-ring (bicyclic) bond motifs is 1. The van der Waals surface area contributed by atoms with Gasteiger partial charge in [-0.1, -0.05) is 25.5 Å². The molecular formula is C21H23N3O4S. The first-order chi connectivity index (χ1) is 13.9. The number of thiophene rings is 1. The Labute approximate surface area is 172 Å². The Morgan fingerprint density at radius 1 is 1.28 bits per heavy atom. The summed E-state index contributed by atoms with van der Waals surface area (Å²) in [5.41, 5.74) is 2.42. The fourth-order valence-electron chi connectivity index (χ4n) is 2.83. The van der Waals surface area contributed by atoms with Crippen LogP contribution in [0, 0.1) is 13.8 Å². The van der Waals surface area contributed by atoms with Gasteiger partial charge in [-0.05, 0) is 37.5 Å². The summed E-state index contributed by atoms with van der Waals surface area (Å²) >= 11 is 1.20. The van der Waals surface area contributed by atoms with Gasteiger partial charge >= 0.3 is 5.97 Å². The second-order valence-corrected chi connectivity index (χ2v) is 7.72. The smallest absolute Gasteiger partial charge is 0.339 e. The number of carbonyl (C=O) groups is 2. The molecule has 2 aromatic heterocycles. The highest BCUT2D eigenvalue weighted by Crippen LogP contribution is 2.22. The van der Waals surface area contributed by atoms with Gasteiger partial charge in [0.2, 0.25) is 5.91 Å². The molecule has 1 N–H and O–H groups in total. The van der Waals surface area contributed by atoms with E-state index in [2.05, 4.69) is 10.3 Å². The Kier molecular flexibility index (Phi) is 6.43. The van der Waals surface area contributed by atoms with Gasteiger partial charge < -0.3 is 10.1 Å². The Balaban J connectivity index is 1.83. The molecule has 2 heterocycles. The number of amides is 1. The molecule has 0 aliphatic rings. The molecule has 0 saturated carbocycles. The third kappa shape index (κ3) is 4.71. The first kappa shape index (κ1) is 20.7. The van der Waals surface area contributed by atoms with Crippen molar-refractivity contribution in [3.63, 3.8) is 0 Å². The summed E-state index contributed by atoms with van der Waals surface area (Å²) in [5, 5.41) is 4.60. The fourth-order valence-corrected chi connectivity index (χ4v) is 3.70. The molecule has 8 heteroatoms. The number of benzene rings is 1. The molecule has 0 unspecified atom stereocenters. The van der Waals surface area contributed by atoms with Crippen molar-refractivity contribution in [1.29, 1.82) is 0 Å². The number of rotatable bonds is 7. The third-order valence-corrected chi connectivity index (χ3v) is 5.38. The predicted molar refractivity (Wildman–Crippen MR) is 114 cm³/mol. The molecule has 3 rings (SSSR count). The molecule has 0 aliphatic heterocycles. The molecule has 29 heavy (non-hydrogen) atoms. The van der Waals surface area contributed by atoms with Gasteiger partial charge in [0.1, 0.15) is 11.4 Å². The highest BCUT2D eigenvalue weighted by atomic mass is 32.1. The van der Waals surface area contributed by atoms with Crippen molar-refractivity contribution < 1.29 is 14.3 Å². The molecule has 0 fully saturated rings. The minimum atomic E-state index is -0.541. The van der Waals surface area contributed by atoms with Crippen LogP contribution in [0.25, 0.3) is 10.2 Å². The molecule has 7 nitrogen and oxygen atoms in total. The van der Waals surface area contributed by atoms with Crippen molar-refractivity contribution in [2.24, 2.45) is 0 Å². The van der Waals surface area contributed by atoms with Crippen molar-refractivity contribution in [3.05, 3.63) is 57.0 Å². The lowest BCUT2D eigenvalue weighted by Gasteiger charge is -2.10. The SMILES string of the molecule is CCCCOC(=O)c1csc2ncn(CC(=O)Nc3cc(C)ccc3C)c(=O)c12. The zero-order valence-corrected chi connectivity index (χ0v) is 17.5. The van der Waals surface area contributed by atoms with E-state index in [4.69, 9.17) is 4.74 Å². The minimum absolute atomic E-state index is 0.193. The topological polar surface area (TPSA) is 90.3 Å². The summed E-state index contributed by atoms with van der Waals surface area (Å²) in [6.07, 6.45) is 2.99. The number of carbonyl (C=O) groups excluding carboxylic acids is 2. The Morgan fingerprint density at radius 3 is 2.83 bits per heavy atom. The summed E-state index contributed by atoms with van der Waals surface area (Å²) in [6.45, 7) is 5.94. The lowest BCUT2D eigenvalue weighted by atomic mass is 10.1. The van der Waals surface area contributed by atoms with Crippen molar-refractivity contribution in [2.75, 3.05) is 11.9 Å². The number of hydrogen-bond acceptors (Lipinski definition) is 6. The molecule has 1 aromatic carbocycles. The van der Waals surface area contributed by atoms with E-state index in [-0.39, 0.29) is 23.4 Å².